The molecule has 0 saturated heterocycles. The molecule has 0 amide bonds. The number of fused-ring (bicyclic) bond motifs is 1. The van der Waals surface area contributed by atoms with Crippen molar-refractivity contribution in [3.63, 3.8) is 0 Å². The number of nitrogens with two attached hydrogens (primary N) is 1. The summed E-state index contributed by atoms with van der Waals surface area (Å²) in [5.74, 6) is 1.21. The molecule has 3 unspecified atom stereocenters. The minimum absolute atomic E-state index is 0.107. The van der Waals surface area contributed by atoms with Gasteiger partial charge in [0.25, 0.3) is 0 Å². The Morgan fingerprint density at radius 3 is 3.00 bits per heavy atom. The van der Waals surface area contributed by atoms with E-state index in [0.29, 0.717) is 12.5 Å². The molecule has 0 aliphatic heterocycles. The van der Waals surface area contributed by atoms with Gasteiger partial charge in [0.2, 0.25) is 0 Å². The highest BCUT2D eigenvalue weighted by Gasteiger charge is 2.39. The number of hydrogen-bond acceptors (Lipinski definition) is 5. The Balaban J connectivity index is 1.86. The molecule has 0 bridgehead atoms. The standard InChI is InChI=1S/C15H23N5O/c1-4-21-13-7-10(16)14(13)18-15-12-8-11(9(2)3)19-20(12)6-5-17-15/h5-6,8-10,13-14H,4,7,16H2,1-3H3,(H,17,18). The van der Waals surface area contributed by atoms with Gasteiger partial charge in [0.15, 0.2) is 5.82 Å². The van der Waals surface area contributed by atoms with E-state index in [1.54, 1.807) is 6.20 Å². The SMILES string of the molecule is CCOC1CC(N)C1Nc1nccn2nc(C(C)C)cc12. The number of anilines is 1. The van der Waals surface area contributed by atoms with Crippen molar-refractivity contribution in [2.45, 2.75) is 51.3 Å². The van der Waals surface area contributed by atoms with Gasteiger partial charge in [-0.05, 0) is 25.3 Å². The predicted octanol–water partition coefficient (Wildman–Crippen LogP) is 1.77. The van der Waals surface area contributed by atoms with E-state index in [9.17, 15) is 0 Å². The van der Waals surface area contributed by atoms with Crippen LogP contribution < -0.4 is 11.1 Å². The van der Waals surface area contributed by atoms with Gasteiger partial charge in [0.05, 0.1) is 17.8 Å². The highest BCUT2D eigenvalue weighted by molar-refractivity contribution is 5.68. The zero-order chi connectivity index (χ0) is 15.0. The van der Waals surface area contributed by atoms with E-state index >= 15 is 0 Å². The van der Waals surface area contributed by atoms with Crippen molar-refractivity contribution in [1.29, 1.82) is 0 Å². The average Bonchev–Trinajstić information content (AvgIpc) is 2.89. The summed E-state index contributed by atoms with van der Waals surface area (Å²) in [5, 5.41) is 8.01. The molecule has 0 spiro atoms. The van der Waals surface area contributed by atoms with Crippen molar-refractivity contribution in [3.05, 3.63) is 24.2 Å². The number of nitrogens with one attached hydrogen (secondary N) is 1. The monoisotopic (exact) mass is 289 g/mol. The third-order valence-corrected chi connectivity index (χ3v) is 4.05. The molecule has 2 aromatic rings. The average molecular weight is 289 g/mol. The highest BCUT2D eigenvalue weighted by atomic mass is 16.5. The molecule has 3 rings (SSSR count). The first-order chi connectivity index (χ1) is 10.1. The lowest BCUT2D eigenvalue weighted by atomic mass is 9.83. The molecular formula is C15H23N5O. The molecule has 1 aliphatic carbocycles. The van der Waals surface area contributed by atoms with Crippen LogP contribution in [0.2, 0.25) is 0 Å². The van der Waals surface area contributed by atoms with Crippen molar-refractivity contribution < 1.29 is 4.74 Å². The van der Waals surface area contributed by atoms with E-state index in [1.807, 2.05) is 17.6 Å². The molecule has 21 heavy (non-hydrogen) atoms. The molecule has 6 nitrogen and oxygen atoms in total. The van der Waals surface area contributed by atoms with Gasteiger partial charge in [-0.15, -0.1) is 0 Å². The van der Waals surface area contributed by atoms with Gasteiger partial charge in [-0.3, -0.25) is 0 Å². The zero-order valence-corrected chi connectivity index (χ0v) is 12.8. The molecule has 3 atom stereocenters. The van der Waals surface area contributed by atoms with E-state index in [4.69, 9.17) is 10.5 Å². The summed E-state index contributed by atoms with van der Waals surface area (Å²) >= 11 is 0. The van der Waals surface area contributed by atoms with Crippen LogP contribution in [0.25, 0.3) is 5.52 Å². The van der Waals surface area contributed by atoms with Crippen LogP contribution in [-0.4, -0.2) is 39.4 Å². The Labute approximate surface area is 124 Å². The van der Waals surface area contributed by atoms with Crippen molar-refractivity contribution in [1.82, 2.24) is 14.6 Å². The second-order valence-electron chi connectivity index (χ2n) is 5.89. The maximum atomic E-state index is 6.10. The predicted molar refractivity (Wildman–Crippen MR) is 82.5 cm³/mol. The van der Waals surface area contributed by atoms with E-state index < -0.39 is 0 Å². The van der Waals surface area contributed by atoms with E-state index in [0.717, 1.165) is 23.4 Å². The minimum atomic E-state index is 0.107. The highest BCUT2D eigenvalue weighted by Crippen LogP contribution is 2.28. The van der Waals surface area contributed by atoms with Gasteiger partial charge in [0.1, 0.15) is 5.52 Å². The van der Waals surface area contributed by atoms with Crippen LogP contribution in [-0.2, 0) is 4.74 Å². The van der Waals surface area contributed by atoms with Crippen molar-refractivity contribution in [2.75, 3.05) is 11.9 Å². The van der Waals surface area contributed by atoms with Crippen molar-refractivity contribution in [2.24, 2.45) is 5.73 Å². The lowest BCUT2D eigenvalue weighted by Gasteiger charge is -2.42. The molecule has 114 valence electrons. The molecule has 1 fully saturated rings. The fourth-order valence-electron chi connectivity index (χ4n) is 2.72. The molecule has 2 aromatic heterocycles. The van der Waals surface area contributed by atoms with Crippen LogP contribution in [0.1, 0.15) is 38.8 Å². The molecule has 1 aliphatic rings. The van der Waals surface area contributed by atoms with Crippen LogP contribution in [0.15, 0.2) is 18.5 Å². The van der Waals surface area contributed by atoms with Crippen LogP contribution in [0, 0.1) is 0 Å². The molecule has 1 saturated carbocycles. The summed E-state index contributed by atoms with van der Waals surface area (Å²) in [4.78, 5) is 4.45. The molecule has 3 N–H and O–H groups in total. The number of hydrogen-bond donors (Lipinski definition) is 2. The number of ether oxygens (including phenoxy) is 1. The Morgan fingerprint density at radius 1 is 1.52 bits per heavy atom. The largest absolute Gasteiger partial charge is 0.376 e. The van der Waals surface area contributed by atoms with Gasteiger partial charge in [-0.25, -0.2) is 9.50 Å². The van der Waals surface area contributed by atoms with Crippen LogP contribution >= 0.6 is 0 Å². The molecule has 0 aromatic carbocycles. The maximum absolute atomic E-state index is 6.10. The fourth-order valence-corrected chi connectivity index (χ4v) is 2.72. The van der Waals surface area contributed by atoms with Gasteiger partial charge in [0, 0.05) is 25.0 Å². The summed E-state index contributed by atoms with van der Waals surface area (Å²) in [6.45, 7) is 6.98. The van der Waals surface area contributed by atoms with Gasteiger partial charge in [-0.1, -0.05) is 13.8 Å². The number of nitrogens with zero attached hydrogens (tertiary/aromatic N) is 3. The van der Waals surface area contributed by atoms with E-state index in [2.05, 4.69) is 35.3 Å². The van der Waals surface area contributed by atoms with E-state index in [1.165, 1.54) is 0 Å². The van der Waals surface area contributed by atoms with Crippen molar-refractivity contribution in [3.8, 4) is 0 Å². The summed E-state index contributed by atoms with van der Waals surface area (Å²) < 4.78 is 7.56. The third-order valence-electron chi connectivity index (χ3n) is 4.05. The lowest BCUT2D eigenvalue weighted by molar-refractivity contribution is -0.0126. The Kier molecular flexibility index (Phi) is 3.82. The minimum Gasteiger partial charge on any atom is -0.376 e. The molecule has 0 radical (unpaired) electrons. The first kappa shape index (κ1) is 14.3. The summed E-state index contributed by atoms with van der Waals surface area (Å²) in [6, 6.07) is 2.30. The first-order valence-corrected chi connectivity index (χ1v) is 7.58. The van der Waals surface area contributed by atoms with Crippen molar-refractivity contribution >= 4 is 11.3 Å². The van der Waals surface area contributed by atoms with Crippen LogP contribution in [0.3, 0.4) is 0 Å². The smallest absolute Gasteiger partial charge is 0.152 e. The normalized spacial score (nSPS) is 25.3. The first-order valence-electron chi connectivity index (χ1n) is 7.58. The summed E-state index contributed by atoms with van der Waals surface area (Å²) in [5.41, 5.74) is 8.14. The van der Waals surface area contributed by atoms with Gasteiger partial charge >= 0.3 is 0 Å². The molecule has 6 heteroatoms. The molecule has 2 heterocycles. The number of aromatic nitrogens is 3. The van der Waals surface area contributed by atoms with Gasteiger partial charge in [-0.2, -0.15) is 5.10 Å². The summed E-state index contributed by atoms with van der Waals surface area (Å²) in [7, 11) is 0. The second kappa shape index (κ2) is 5.61. The second-order valence-corrected chi connectivity index (χ2v) is 5.89. The molecular weight excluding hydrogens is 266 g/mol. The van der Waals surface area contributed by atoms with Gasteiger partial charge < -0.3 is 15.8 Å². The maximum Gasteiger partial charge on any atom is 0.152 e. The van der Waals surface area contributed by atoms with E-state index in [-0.39, 0.29) is 18.2 Å². The Hall–Kier alpha value is -1.66. The lowest BCUT2D eigenvalue weighted by Crippen LogP contribution is -2.60. The third kappa shape index (κ3) is 2.61. The quantitative estimate of drug-likeness (QED) is 0.877. The fraction of sp³-hybridized carbons (Fsp3) is 0.600. The number of rotatable bonds is 5. The zero-order valence-electron chi connectivity index (χ0n) is 12.8. The topological polar surface area (TPSA) is 77.5 Å². The van der Waals surface area contributed by atoms with Crippen LogP contribution in [0.4, 0.5) is 5.82 Å². The Bertz CT molecular complexity index is 622. The van der Waals surface area contributed by atoms with Crippen LogP contribution in [0.5, 0.6) is 0 Å². The summed E-state index contributed by atoms with van der Waals surface area (Å²) in [6.07, 6.45) is 4.68. The Morgan fingerprint density at radius 2 is 2.33 bits per heavy atom.